The second kappa shape index (κ2) is 12.6. The Morgan fingerprint density at radius 1 is 0.944 bits per heavy atom. The third kappa shape index (κ3) is 10.2. The second-order valence-electron chi connectivity index (χ2n) is 10.7. The summed E-state index contributed by atoms with van der Waals surface area (Å²) < 4.78 is 16.3. The molecule has 0 aliphatic carbocycles. The van der Waals surface area contributed by atoms with Crippen molar-refractivity contribution in [2.24, 2.45) is 5.73 Å². The molecule has 8 heteroatoms. The fourth-order valence-corrected chi connectivity index (χ4v) is 3.80. The highest BCUT2D eigenvalue weighted by Crippen LogP contribution is 2.29. The van der Waals surface area contributed by atoms with Gasteiger partial charge in [0.15, 0.2) is 0 Å². The number of aliphatic hydroxyl groups excluding tert-OH is 1. The summed E-state index contributed by atoms with van der Waals surface area (Å²) in [6.07, 6.45) is -0.0129. The Hall–Kier alpha value is -3.26. The van der Waals surface area contributed by atoms with Crippen molar-refractivity contribution >= 4 is 12.2 Å². The summed E-state index contributed by atoms with van der Waals surface area (Å²) in [5, 5.41) is 9.38. The van der Waals surface area contributed by atoms with Crippen LogP contribution < -0.4 is 10.5 Å². The lowest BCUT2D eigenvalue weighted by atomic mass is 10.1. The number of nitrogens with zero attached hydrogens (tertiary/aromatic N) is 1. The number of carbonyl (C=O) groups is 2. The standard InChI is InChI=1S/C23H29NO4.C5H11NO2/c1-23(2,3)28-22(26)24-16-21(15-19(24)12-13-25)27-20-11-7-10-18(14-20)17-8-5-4-6-9-17;1-5(2,3)8-4(6)7/h4-11,14,19,21,25H,12-13,15-16H2,1-3H3;1-3H3,(H2,6,7). The van der Waals surface area contributed by atoms with Gasteiger partial charge < -0.3 is 30.0 Å². The number of hydrogen-bond donors (Lipinski definition) is 2. The number of carbonyl (C=O) groups excluding carboxylic acids is 2. The normalized spacial score (nSPS) is 17.6. The molecule has 2 aromatic rings. The first kappa shape index (κ1) is 29.0. The number of ether oxygens (including phenoxy) is 3. The Morgan fingerprint density at radius 3 is 2.08 bits per heavy atom. The van der Waals surface area contributed by atoms with Gasteiger partial charge in [-0.05, 0) is 71.2 Å². The Kier molecular flexibility index (Phi) is 10.2. The molecule has 1 aliphatic rings. The minimum Gasteiger partial charge on any atom is -0.488 e. The summed E-state index contributed by atoms with van der Waals surface area (Å²) in [5.41, 5.74) is 5.94. The fraction of sp³-hybridized carbons (Fsp3) is 0.500. The zero-order valence-corrected chi connectivity index (χ0v) is 22.2. The summed E-state index contributed by atoms with van der Waals surface area (Å²) in [4.78, 5) is 24.3. The molecule has 3 rings (SSSR count). The van der Waals surface area contributed by atoms with Crippen LogP contribution in [0, 0.1) is 0 Å². The number of rotatable bonds is 5. The zero-order valence-electron chi connectivity index (χ0n) is 22.2. The third-order valence-electron chi connectivity index (χ3n) is 5.12. The molecule has 3 N–H and O–H groups in total. The van der Waals surface area contributed by atoms with E-state index < -0.39 is 17.3 Å². The SMILES string of the molecule is CC(C)(C)OC(=O)N1CC(Oc2cccc(-c3ccccc3)c2)CC1CCO.CC(C)(C)OC(N)=O. The highest BCUT2D eigenvalue weighted by atomic mass is 16.6. The molecular formula is C28H40N2O6. The van der Waals surface area contributed by atoms with Crippen molar-refractivity contribution in [3.63, 3.8) is 0 Å². The van der Waals surface area contributed by atoms with Crippen LogP contribution in [0.25, 0.3) is 11.1 Å². The molecule has 1 aliphatic heterocycles. The fourth-order valence-electron chi connectivity index (χ4n) is 3.80. The molecule has 2 unspecified atom stereocenters. The van der Waals surface area contributed by atoms with Crippen LogP contribution in [0.5, 0.6) is 5.75 Å². The number of aliphatic hydroxyl groups is 1. The largest absolute Gasteiger partial charge is 0.488 e. The van der Waals surface area contributed by atoms with Crippen LogP contribution >= 0.6 is 0 Å². The summed E-state index contributed by atoms with van der Waals surface area (Å²) in [6.45, 7) is 11.3. The summed E-state index contributed by atoms with van der Waals surface area (Å²) >= 11 is 0. The van der Waals surface area contributed by atoms with Crippen LogP contribution in [-0.2, 0) is 9.47 Å². The average molecular weight is 501 g/mol. The minimum absolute atomic E-state index is 0.0280. The van der Waals surface area contributed by atoms with Crippen LogP contribution in [0.3, 0.4) is 0 Å². The number of likely N-dealkylation sites (tertiary alicyclic amines) is 1. The highest BCUT2D eigenvalue weighted by molar-refractivity contribution is 5.69. The molecule has 0 spiro atoms. The van der Waals surface area contributed by atoms with E-state index >= 15 is 0 Å². The van der Waals surface area contributed by atoms with E-state index in [4.69, 9.17) is 15.2 Å². The van der Waals surface area contributed by atoms with Crippen molar-refractivity contribution < 1.29 is 28.9 Å². The van der Waals surface area contributed by atoms with Crippen molar-refractivity contribution in [3.05, 3.63) is 54.6 Å². The average Bonchev–Trinajstić information content (AvgIpc) is 3.15. The smallest absolute Gasteiger partial charge is 0.410 e. The van der Waals surface area contributed by atoms with Gasteiger partial charge in [-0.25, -0.2) is 9.59 Å². The quantitative estimate of drug-likeness (QED) is 0.571. The molecule has 1 fully saturated rings. The number of hydrogen-bond acceptors (Lipinski definition) is 6. The lowest BCUT2D eigenvalue weighted by Gasteiger charge is -2.28. The Balaban J connectivity index is 0.000000493. The van der Waals surface area contributed by atoms with Gasteiger partial charge in [-0.1, -0.05) is 42.5 Å². The molecule has 0 radical (unpaired) electrons. The first-order valence-corrected chi connectivity index (χ1v) is 12.2. The van der Waals surface area contributed by atoms with Gasteiger partial charge in [-0.2, -0.15) is 0 Å². The molecule has 0 bridgehead atoms. The van der Waals surface area contributed by atoms with E-state index in [0.717, 1.165) is 16.9 Å². The Labute approximate surface area is 214 Å². The topological polar surface area (TPSA) is 111 Å². The summed E-state index contributed by atoms with van der Waals surface area (Å²) in [7, 11) is 0. The van der Waals surface area contributed by atoms with Crippen molar-refractivity contribution in [1.82, 2.24) is 4.90 Å². The number of primary amides is 1. The lowest BCUT2D eigenvalue weighted by molar-refractivity contribution is 0.0196. The van der Waals surface area contributed by atoms with Gasteiger partial charge in [0.05, 0.1) is 6.54 Å². The highest BCUT2D eigenvalue weighted by Gasteiger charge is 2.38. The van der Waals surface area contributed by atoms with E-state index in [9.17, 15) is 14.7 Å². The van der Waals surface area contributed by atoms with Gasteiger partial charge in [0.25, 0.3) is 0 Å². The van der Waals surface area contributed by atoms with Crippen molar-refractivity contribution in [3.8, 4) is 16.9 Å². The molecule has 36 heavy (non-hydrogen) atoms. The predicted molar refractivity (Wildman–Crippen MR) is 140 cm³/mol. The first-order chi connectivity index (χ1) is 16.8. The van der Waals surface area contributed by atoms with Crippen LogP contribution in [-0.4, -0.2) is 58.7 Å². The monoisotopic (exact) mass is 500 g/mol. The van der Waals surface area contributed by atoms with Gasteiger partial charge in [-0.15, -0.1) is 0 Å². The Bertz CT molecular complexity index is 982. The van der Waals surface area contributed by atoms with Crippen LogP contribution in [0.1, 0.15) is 54.4 Å². The number of nitrogens with two attached hydrogens (primary N) is 1. The van der Waals surface area contributed by atoms with Gasteiger partial charge in [0.2, 0.25) is 0 Å². The Morgan fingerprint density at radius 2 is 1.56 bits per heavy atom. The maximum Gasteiger partial charge on any atom is 0.410 e. The van der Waals surface area contributed by atoms with Crippen molar-refractivity contribution in [1.29, 1.82) is 0 Å². The van der Waals surface area contributed by atoms with Gasteiger partial charge >= 0.3 is 12.2 Å². The number of amides is 2. The second-order valence-corrected chi connectivity index (χ2v) is 10.7. The molecule has 2 amide bonds. The van der Waals surface area contributed by atoms with Gasteiger partial charge in [-0.3, -0.25) is 0 Å². The first-order valence-electron chi connectivity index (χ1n) is 12.2. The molecule has 1 saturated heterocycles. The summed E-state index contributed by atoms with van der Waals surface area (Å²) in [6, 6.07) is 18.1. The molecule has 2 atom stereocenters. The van der Waals surface area contributed by atoms with Gasteiger partial charge in [0, 0.05) is 19.1 Å². The van der Waals surface area contributed by atoms with E-state index in [1.165, 1.54) is 0 Å². The van der Waals surface area contributed by atoms with E-state index in [0.29, 0.717) is 19.4 Å². The van der Waals surface area contributed by atoms with Crippen LogP contribution in [0.2, 0.25) is 0 Å². The van der Waals surface area contributed by atoms with E-state index in [-0.39, 0.29) is 24.8 Å². The van der Waals surface area contributed by atoms with E-state index in [2.05, 4.69) is 22.9 Å². The minimum atomic E-state index is -0.725. The number of benzene rings is 2. The lowest BCUT2D eigenvalue weighted by Crippen LogP contribution is -2.40. The van der Waals surface area contributed by atoms with Crippen LogP contribution in [0.15, 0.2) is 54.6 Å². The molecular weight excluding hydrogens is 460 g/mol. The predicted octanol–water partition coefficient (Wildman–Crippen LogP) is 5.37. The van der Waals surface area contributed by atoms with Crippen LogP contribution in [0.4, 0.5) is 9.59 Å². The van der Waals surface area contributed by atoms with Crippen molar-refractivity contribution in [2.45, 2.75) is 77.7 Å². The summed E-state index contributed by atoms with van der Waals surface area (Å²) in [5.74, 6) is 0.778. The molecule has 1 heterocycles. The molecule has 198 valence electrons. The molecule has 8 nitrogen and oxygen atoms in total. The van der Waals surface area contributed by atoms with E-state index in [1.807, 2.05) is 57.2 Å². The van der Waals surface area contributed by atoms with Gasteiger partial charge in [0.1, 0.15) is 23.1 Å². The molecule has 0 aromatic heterocycles. The maximum absolute atomic E-state index is 12.5. The zero-order chi connectivity index (χ0) is 26.9. The molecule has 2 aromatic carbocycles. The third-order valence-corrected chi connectivity index (χ3v) is 5.12. The maximum atomic E-state index is 12.5. The van der Waals surface area contributed by atoms with E-state index in [1.54, 1.807) is 25.7 Å². The van der Waals surface area contributed by atoms with Crippen molar-refractivity contribution in [2.75, 3.05) is 13.2 Å². The molecule has 0 saturated carbocycles.